The number of nitrogens with one attached hydrogen (secondary N) is 2. The Balaban J connectivity index is 1.68. The molecule has 2 unspecified atom stereocenters. The van der Waals surface area contributed by atoms with E-state index in [1.165, 1.54) is 5.56 Å². The van der Waals surface area contributed by atoms with Gasteiger partial charge in [-0.25, -0.2) is 13.1 Å². The summed E-state index contributed by atoms with van der Waals surface area (Å²) in [5, 5.41) is 3.30. The number of hydrogen-bond acceptors (Lipinski definition) is 3. The average Bonchev–Trinajstić information content (AvgIpc) is 3.17. The predicted octanol–water partition coefficient (Wildman–Crippen LogP) is 2.24. The largest absolute Gasteiger partial charge is 0.315 e. The second kappa shape index (κ2) is 7.38. The van der Waals surface area contributed by atoms with E-state index in [0.29, 0.717) is 18.4 Å². The fourth-order valence-electron chi connectivity index (χ4n) is 2.49. The van der Waals surface area contributed by atoms with Crippen molar-refractivity contribution in [3.05, 3.63) is 35.9 Å². The van der Waals surface area contributed by atoms with Crippen LogP contribution >= 0.6 is 0 Å². The Morgan fingerprint density at radius 1 is 1.19 bits per heavy atom. The minimum Gasteiger partial charge on any atom is -0.315 e. The van der Waals surface area contributed by atoms with Crippen LogP contribution in [0, 0.1) is 0 Å². The van der Waals surface area contributed by atoms with Gasteiger partial charge in [-0.2, -0.15) is 0 Å². The van der Waals surface area contributed by atoms with Crippen molar-refractivity contribution in [3.8, 4) is 0 Å². The summed E-state index contributed by atoms with van der Waals surface area (Å²) < 4.78 is 26.9. The smallest absolute Gasteiger partial charge is 0.211 e. The van der Waals surface area contributed by atoms with Crippen molar-refractivity contribution < 1.29 is 8.42 Å². The number of sulfonamides is 1. The van der Waals surface area contributed by atoms with Crippen LogP contribution in [0.5, 0.6) is 0 Å². The SMILES string of the molecule is CC(C)NCCCCS(=O)(=O)NC1CC1c1ccccc1. The maximum atomic E-state index is 12.0. The monoisotopic (exact) mass is 310 g/mol. The second-order valence-corrected chi connectivity index (χ2v) is 7.99. The van der Waals surface area contributed by atoms with E-state index in [2.05, 4.69) is 36.0 Å². The van der Waals surface area contributed by atoms with Crippen molar-refractivity contribution in [2.24, 2.45) is 0 Å². The van der Waals surface area contributed by atoms with Crippen LogP contribution in [0.2, 0.25) is 0 Å². The molecule has 1 aromatic rings. The minimum absolute atomic E-state index is 0.0891. The van der Waals surface area contributed by atoms with E-state index in [1.54, 1.807) is 0 Å². The summed E-state index contributed by atoms with van der Waals surface area (Å²) in [4.78, 5) is 0. The molecule has 5 heteroatoms. The van der Waals surface area contributed by atoms with Crippen molar-refractivity contribution in [1.29, 1.82) is 0 Å². The molecule has 1 aliphatic rings. The van der Waals surface area contributed by atoms with Crippen molar-refractivity contribution in [3.63, 3.8) is 0 Å². The van der Waals surface area contributed by atoms with E-state index in [-0.39, 0.29) is 11.8 Å². The normalized spacial score (nSPS) is 21.7. The van der Waals surface area contributed by atoms with E-state index in [1.807, 2.05) is 18.2 Å². The zero-order valence-electron chi connectivity index (χ0n) is 12.9. The highest BCUT2D eigenvalue weighted by atomic mass is 32.2. The summed E-state index contributed by atoms with van der Waals surface area (Å²) in [6.45, 7) is 5.06. The maximum Gasteiger partial charge on any atom is 0.211 e. The molecule has 1 aliphatic carbocycles. The van der Waals surface area contributed by atoms with E-state index in [4.69, 9.17) is 0 Å². The molecule has 0 spiro atoms. The second-order valence-electron chi connectivity index (χ2n) is 6.11. The molecule has 1 aromatic carbocycles. The maximum absolute atomic E-state index is 12.0. The topological polar surface area (TPSA) is 58.2 Å². The van der Waals surface area contributed by atoms with Gasteiger partial charge in [-0.05, 0) is 31.4 Å². The third-order valence-electron chi connectivity index (χ3n) is 3.74. The van der Waals surface area contributed by atoms with Crippen LogP contribution < -0.4 is 10.0 Å². The first-order valence-electron chi connectivity index (χ1n) is 7.76. The number of unbranched alkanes of at least 4 members (excludes halogenated alkanes) is 1. The highest BCUT2D eigenvalue weighted by Crippen LogP contribution is 2.40. The highest BCUT2D eigenvalue weighted by molar-refractivity contribution is 7.89. The molecule has 118 valence electrons. The Labute approximate surface area is 128 Å². The predicted molar refractivity (Wildman–Crippen MR) is 86.9 cm³/mol. The molecule has 4 nitrogen and oxygen atoms in total. The van der Waals surface area contributed by atoms with Crippen LogP contribution in [-0.4, -0.2) is 32.8 Å². The van der Waals surface area contributed by atoms with E-state index in [9.17, 15) is 8.42 Å². The molecule has 2 N–H and O–H groups in total. The van der Waals surface area contributed by atoms with E-state index in [0.717, 1.165) is 19.4 Å². The summed E-state index contributed by atoms with van der Waals surface area (Å²) in [6, 6.07) is 10.7. The third kappa shape index (κ3) is 5.77. The van der Waals surface area contributed by atoms with Crippen LogP contribution in [-0.2, 0) is 10.0 Å². The summed E-state index contributed by atoms with van der Waals surface area (Å²) in [6.07, 6.45) is 2.52. The molecule has 1 saturated carbocycles. The van der Waals surface area contributed by atoms with Crippen LogP contribution in [0.1, 0.15) is 44.6 Å². The molecule has 2 rings (SSSR count). The third-order valence-corrected chi connectivity index (χ3v) is 5.23. The number of benzene rings is 1. The summed E-state index contributed by atoms with van der Waals surface area (Å²) in [7, 11) is -3.14. The molecule has 0 saturated heterocycles. The van der Waals surface area contributed by atoms with Gasteiger partial charge < -0.3 is 5.32 Å². The van der Waals surface area contributed by atoms with Crippen LogP contribution in [0.3, 0.4) is 0 Å². The first-order chi connectivity index (χ1) is 9.98. The summed E-state index contributed by atoms with van der Waals surface area (Å²) >= 11 is 0. The molecular formula is C16H26N2O2S. The lowest BCUT2D eigenvalue weighted by atomic mass is 10.1. The van der Waals surface area contributed by atoms with Gasteiger partial charge in [-0.15, -0.1) is 0 Å². The van der Waals surface area contributed by atoms with Gasteiger partial charge in [-0.1, -0.05) is 44.2 Å². The number of rotatable bonds is 9. The Kier molecular flexibility index (Phi) is 5.79. The average molecular weight is 310 g/mol. The zero-order chi connectivity index (χ0) is 15.3. The van der Waals surface area contributed by atoms with Gasteiger partial charge >= 0.3 is 0 Å². The van der Waals surface area contributed by atoms with Crippen molar-refractivity contribution in [1.82, 2.24) is 10.0 Å². The van der Waals surface area contributed by atoms with Crippen molar-refractivity contribution in [2.75, 3.05) is 12.3 Å². The van der Waals surface area contributed by atoms with Gasteiger partial charge in [0.15, 0.2) is 0 Å². The lowest BCUT2D eigenvalue weighted by molar-refractivity contribution is 0.555. The molecule has 1 fully saturated rings. The first kappa shape index (κ1) is 16.5. The van der Waals surface area contributed by atoms with Crippen LogP contribution in [0.15, 0.2) is 30.3 Å². The first-order valence-corrected chi connectivity index (χ1v) is 9.41. The molecular weight excluding hydrogens is 284 g/mol. The fraction of sp³-hybridized carbons (Fsp3) is 0.625. The van der Waals surface area contributed by atoms with Gasteiger partial charge in [0.05, 0.1) is 5.75 Å². The summed E-state index contributed by atoms with van der Waals surface area (Å²) in [5.41, 5.74) is 1.23. The van der Waals surface area contributed by atoms with E-state index < -0.39 is 10.0 Å². The van der Waals surface area contributed by atoms with E-state index >= 15 is 0 Å². The molecule has 0 bridgehead atoms. The lowest BCUT2D eigenvalue weighted by Crippen LogP contribution is -2.30. The van der Waals surface area contributed by atoms with Crippen molar-refractivity contribution >= 4 is 10.0 Å². The lowest BCUT2D eigenvalue weighted by Gasteiger charge is -2.09. The molecule has 2 atom stereocenters. The Hall–Kier alpha value is -0.910. The molecule has 0 radical (unpaired) electrons. The quantitative estimate of drug-likeness (QED) is 0.688. The van der Waals surface area contributed by atoms with Gasteiger partial charge in [0.2, 0.25) is 10.0 Å². The highest BCUT2D eigenvalue weighted by Gasteiger charge is 2.40. The summed E-state index contributed by atoms with van der Waals surface area (Å²) in [5.74, 6) is 0.578. The standard InChI is InChI=1S/C16H26N2O2S/c1-13(2)17-10-6-7-11-21(19,20)18-16-12-15(16)14-8-4-3-5-9-14/h3-5,8-9,13,15-18H,6-7,10-12H2,1-2H3. The van der Waals surface area contributed by atoms with Gasteiger partial charge in [0.25, 0.3) is 0 Å². The zero-order valence-corrected chi connectivity index (χ0v) is 13.7. The number of hydrogen-bond donors (Lipinski definition) is 2. The minimum atomic E-state index is -3.14. The molecule has 0 aromatic heterocycles. The van der Waals surface area contributed by atoms with Crippen LogP contribution in [0.4, 0.5) is 0 Å². The molecule has 21 heavy (non-hydrogen) atoms. The van der Waals surface area contributed by atoms with Crippen LogP contribution in [0.25, 0.3) is 0 Å². The fourth-order valence-corrected chi connectivity index (χ4v) is 3.92. The Morgan fingerprint density at radius 3 is 2.57 bits per heavy atom. The molecule has 0 aliphatic heterocycles. The van der Waals surface area contributed by atoms with Crippen molar-refractivity contribution in [2.45, 2.75) is 51.1 Å². The van der Waals surface area contributed by atoms with Gasteiger partial charge in [-0.3, -0.25) is 0 Å². The molecule has 0 amide bonds. The van der Waals surface area contributed by atoms with Gasteiger partial charge in [0, 0.05) is 18.0 Å². The Morgan fingerprint density at radius 2 is 1.90 bits per heavy atom. The van der Waals surface area contributed by atoms with Gasteiger partial charge in [0.1, 0.15) is 0 Å². The molecule has 0 heterocycles. The Bertz CT molecular complexity index is 528.